The summed E-state index contributed by atoms with van der Waals surface area (Å²) in [7, 11) is 0. The molecule has 1 aromatic carbocycles. The summed E-state index contributed by atoms with van der Waals surface area (Å²) in [4.78, 5) is 34.7. The summed E-state index contributed by atoms with van der Waals surface area (Å²) < 4.78 is 9.73. The van der Waals surface area contributed by atoms with E-state index in [1.54, 1.807) is 37.3 Å². The van der Waals surface area contributed by atoms with Crippen molar-refractivity contribution in [3.05, 3.63) is 54.0 Å². The van der Waals surface area contributed by atoms with Crippen LogP contribution in [-0.4, -0.2) is 24.3 Å². The number of ketones is 1. The van der Waals surface area contributed by atoms with Crippen molar-refractivity contribution in [2.24, 2.45) is 0 Å². The summed E-state index contributed by atoms with van der Waals surface area (Å²) >= 11 is 0. The first-order chi connectivity index (χ1) is 10.6. The van der Waals surface area contributed by atoms with Crippen molar-refractivity contribution in [2.45, 2.75) is 13.3 Å². The highest BCUT2D eigenvalue weighted by atomic mass is 16.5. The normalized spacial score (nSPS) is 10.0. The summed E-state index contributed by atoms with van der Waals surface area (Å²) in [5.74, 6) is -1.09. The molecule has 1 amide bonds. The summed E-state index contributed by atoms with van der Waals surface area (Å²) in [6.07, 6.45) is 1.73. The number of hydrogen-bond acceptors (Lipinski definition) is 5. The largest absolute Gasteiger partial charge is 0.457 e. The Kier molecular flexibility index (Phi) is 5.08. The number of rotatable bonds is 6. The quantitative estimate of drug-likeness (QED) is 0.655. The summed E-state index contributed by atoms with van der Waals surface area (Å²) in [5, 5.41) is 2.68. The van der Waals surface area contributed by atoms with Crippen molar-refractivity contribution in [1.29, 1.82) is 0 Å². The van der Waals surface area contributed by atoms with Crippen LogP contribution < -0.4 is 5.32 Å². The van der Waals surface area contributed by atoms with Crippen LogP contribution >= 0.6 is 0 Å². The first-order valence-electron chi connectivity index (χ1n) is 6.74. The third-order valence-electron chi connectivity index (χ3n) is 2.87. The molecule has 1 N–H and O–H groups in total. The molecule has 0 spiro atoms. The zero-order chi connectivity index (χ0) is 15.9. The van der Waals surface area contributed by atoms with E-state index in [0.29, 0.717) is 17.7 Å². The van der Waals surface area contributed by atoms with E-state index >= 15 is 0 Å². The standard InChI is InChI=1S/C16H15NO5/c1-2-15(19)17-12-7-5-11(6-8-12)13(18)10-22-16(20)14-4-3-9-21-14/h3-9H,2,10H2,1H3,(H,17,19). The van der Waals surface area contributed by atoms with Crippen molar-refractivity contribution in [1.82, 2.24) is 0 Å². The Labute approximate surface area is 127 Å². The number of carbonyl (C=O) groups is 3. The molecule has 6 heteroatoms. The van der Waals surface area contributed by atoms with Gasteiger partial charge in [0.2, 0.25) is 11.7 Å². The molecule has 0 unspecified atom stereocenters. The number of amides is 1. The van der Waals surface area contributed by atoms with Crippen molar-refractivity contribution in [2.75, 3.05) is 11.9 Å². The minimum absolute atomic E-state index is 0.0467. The van der Waals surface area contributed by atoms with Gasteiger partial charge in [-0.2, -0.15) is 0 Å². The van der Waals surface area contributed by atoms with Crippen LogP contribution in [0.15, 0.2) is 47.1 Å². The molecule has 0 fully saturated rings. The molecule has 0 aliphatic rings. The van der Waals surface area contributed by atoms with E-state index in [9.17, 15) is 14.4 Å². The van der Waals surface area contributed by atoms with Gasteiger partial charge in [0.25, 0.3) is 0 Å². The fraction of sp³-hybridized carbons (Fsp3) is 0.188. The lowest BCUT2D eigenvalue weighted by Gasteiger charge is -2.05. The van der Waals surface area contributed by atoms with Crippen LogP contribution in [0.1, 0.15) is 34.3 Å². The van der Waals surface area contributed by atoms with E-state index in [4.69, 9.17) is 9.15 Å². The Morgan fingerprint density at radius 1 is 1.14 bits per heavy atom. The van der Waals surface area contributed by atoms with Crippen LogP contribution in [0.2, 0.25) is 0 Å². The van der Waals surface area contributed by atoms with Crippen LogP contribution in [0, 0.1) is 0 Å². The Hall–Kier alpha value is -2.89. The van der Waals surface area contributed by atoms with Gasteiger partial charge in [-0.1, -0.05) is 6.92 Å². The molecule has 0 radical (unpaired) electrons. The van der Waals surface area contributed by atoms with E-state index in [2.05, 4.69) is 5.32 Å². The second kappa shape index (κ2) is 7.21. The van der Waals surface area contributed by atoms with E-state index < -0.39 is 5.97 Å². The Bertz CT molecular complexity index is 658. The monoisotopic (exact) mass is 301 g/mol. The van der Waals surface area contributed by atoms with Gasteiger partial charge in [0, 0.05) is 17.7 Å². The lowest BCUT2D eigenvalue weighted by atomic mass is 10.1. The van der Waals surface area contributed by atoms with Gasteiger partial charge in [-0.05, 0) is 36.4 Å². The van der Waals surface area contributed by atoms with E-state index in [-0.39, 0.29) is 24.1 Å². The van der Waals surface area contributed by atoms with Gasteiger partial charge < -0.3 is 14.5 Å². The highest BCUT2D eigenvalue weighted by molar-refractivity contribution is 5.99. The molecule has 0 aliphatic heterocycles. The predicted molar refractivity (Wildman–Crippen MR) is 78.7 cm³/mol. The smallest absolute Gasteiger partial charge is 0.374 e. The molecule has 114 valence electrons. The van der Waals surface area contributed by atoms with Gasteiger partial charge in [0.15, 0.2) is 12.4 Å². The first-order valence-corrected chi connectivity index (χ1v) is 6.74. The first kappa shape index (κ1) is 15.5. The third kappa shape index (κ3) is 4.05. The number of Topliss-reactive ketones (excluding diaryl/α,β-unsaturated/α-hetero) is 1. The number of ether oxygens (including phenoxy) is 1. The molecular weight excluding hydrogens is 286 g/mol. The fourth-order valence-electron chi connectivity index (χ4n) is 1.67. The maximum absolute atomic E-state index is 11.9. The number of anilines is 1. The molecule has 0 bridgehead atoms. The van der Waals surface area contributed by atoms with E-state index in [1.807, 2.05) is 0 Å². The van der Waals surface area contributed by atoms with Gasteiger partial charge in [-0.25, -0.2) is 4.79 Å². The molecule has 0 aliphatic carbocycles. The van der Waals surface area contributed by atoms with Gasteiger partial charge in [0.1, 0.15) is 0 Å². The lowest BCUT2D eigenvalue weighted by Crippen LogP contribution is -2.14. The van der Waals surface area contributed by atoms with E-state index in [1.165, 1.54) is 12.3 Å². The number of nitrogens with one attached hydrogen (secondary N) is 1. The molecule has 2 aromatic rings. The predicted octanol–water partition coefficient (Wildman–Crippen LogP) is 2.67. The summed E-state index contributed by atoms with van der Waals surface area (Å²) in [6.45, 7) is 1.38. The van der Waals surface area contributed by atoms with Crippen LogP contribution in [0.25, 0.3) is 0 Å². The average Bonchev–Trinajstić information content (AvgIpc) is 3.07. The zero-order valence-corrected chi connectivity index (χ0v) is 12.0. The topological polar surface area (TPSA) is 85.6 Å². The van der Waals surface area contributed by atoms with E-state index in [0.717, 1.165) is 0 Å². The molecule has 22 heavy (non-hydrogen) atoms. The Morgan fingerprint density at radius 3 is 2.45 bits per heavy atom. The van der Waals surface area contributed by atoms with Crippen LogP contribution in [-0.2, 0) is 9.53 Å². The SMILES string of the molecule is CCC(=O)Nc1ccc(C(=O)COC(=O)c2ccco2)cc1. The third-order valence-corrected chi connectivity index (χ3v) is 2.87. The van der Waals surface area contributed by atoms with Crippen molar-refractivity contribution in [3.63, 3.8) is 0 Å². The molecule has 0 atom stereocenters. The number of furan rings is 1. The van der Waals surface area contributed by atoms with Crippen molar-refractivity contribution < 1.29 is 23.5 Å². The highest BCUT2D eigenvalue weighted by Crippen LogP contribution is 2.11. The molecule has 1 heterocycles. The molecular formula is C16H15NO5. The molecule has 6 nitrogen and oxygen atoms in total. The number of benzene rings is 1. The van der Waals surface area contributed by atoms with Crippen LogP contribution in [0.3, 0.4) is 0 Å². The number of hydrogen-bond donors (Lipinski definition) is 1. The minimum Gasteiger partial charge on any atom is -0.457 e. The summed E-state index contributed by atoms with van der Waals surface area (Å²) in [5.41, 5.74) is 0.998. The second-order valence-corrected chi connectivity index (χ2v) is 4.46. The van der Waals surface area contributed by atoms with Crippen LogP contribution in [0.5, 0.6) is 0 Å². The maximum atomic E-state index is 11.9. The fourth-order valence-corrected chi connectivity index (χ4v) is 1.67. The van der Waals surface area contributed by atoms with Gasteiger partial charge >= 0.3 is 5.97 Å². The zero-order valence-electron chi connectivity index (χ0n) is 12.0. The maximum Gasteiger partial charge on any atom is 0.374 e. The van der Waals surface area contributed by atoms with Crippen LogP contribution in [0.4, 0.5) is 5.69 Å². The van der Waals surface area contributed by atoms with Gasteiger partial charge in [-0.3, -0.25) is 9.59 Å². The van der Waals surface area contributed by atoms with Crippen molar-refractivity contribution in [3.8, 4) is 0 Å². The number of carbonyl (C=O) groups excluding carboxylic acids is 3. The Morgan fingerprint density at radius 2 is 1.86 bits per heavy atom. The molecule has 1 aromatic heterocycles. The number of esters is 1. The molecule has 0 saturated carbocycles. The lowest BCUT2D eigenvalue weighted by molar-refractivity contribution is -0.115. The van der Waals surface area contributed by atoms with Gasteiger partial charge in [-0.15, -0.1) is 0 Å². The highest BCUT2D eigenvalue weighted by Gasteiger charge is 2.13. The van der Waals surface area contributed by atoms with Gasteiger partial charge in [0.05, 0.1) is 6.26 Å². The Balaban J connectivity index is 1.90. The minimum atomic E-state index is -0.690. The molecule has 0 saturated heterocycles. The van der Waals surface area contributed by atoms with Crippen molar-refractivity contribution >= 4 is 23.3 Å². The summed E-state index contributed by atoms with van der Waals surface area (Å²) in [6, 6.07) is 9.38. The molecule has 2 rings (SSSR count). The second-order valence-electron chi connectivity index (χ2n) is 4.46. The average molecular weight is 301 g/mol.